The van der Waals surface area contributed by atoms with Crippen LogP contribution in [0.15, 0.2) is 0 Å². The maximum atomic E-state index is 2.73. The number of hydrogen-bond donors (Lipinski definition) is 0. The SMILES string of the molecule is CCCCCCCCCCCCCCCCCCC(I)[N+]1(C)CCCC1. The van der Waals surface area contributed by atoms with Crippen molar-refractivity contribution < 1.29 is 4.48 Å². The number of halogens is 1. The molecule has 1 nitrogen and oxygen atoms in total. The predicted octanol–water partition coefficient (Wildman–Crippen LogP) is 8.64. The highest BCUT2D eigenvalue weighted by atomic mass is 127. The summed E-state index contributed by atoms with van der Waals surface area (Å²) in [4.78, 5) is 0. The molecule has 0 aromatic heterocycles. The Morgan fingerprint density at radius 1 is 0.615 bits per heavy atom. The fourth-order valence-corrected chi connectivity index (χ4v) is 5.51. The largest absolute Gasteiger partial charge is 0.316 e. The Morgan fingerprint density at radius 2 is 0.962 bits per heavy atom. The van der Waals surface area contributed by atoms with Gasteiger partial charge in [-0.2, -0.15) is 0 Å². The summed E-state index contributed by atoms with van der Waals surface area (Å²) in [5.41, 5.74) is 0. The third-order valence-corrected chi connectivity index (χ3v) is 8.53. The smallest absolute Gasteiger partial charge is 0.139 e. The van der Waals surface area contributed by atoms with Crippen LogP contribution in [0.5, 0.6) is 0 Å². The van der Waals surface area contributed by atoms with Crippen LogP contribution in [0.4, 0.5) is 0 Å². The van der Waals surface area contributed by atoms with Crippen molar-refractivity contribution in [1.82, 2.24) is 0 Å². The molecule has 26 heavy (non-hydrogen) atoms. The maximum absolute atomic E-state index is 2.73. The molecule has 156 valence electrons. The summed E-state index contributed by atoms with van der Waals surface area (Å²) in [6.45, 7) is 5.15. The van der Waals surface area contributed by atoms with Gasteiger partial charge in [0.1, 0.15) is 4.05 Å². The first-order valence-electron chi connectivity index (χ1n) is 12.2. The van der Waals surface area contributed by atoms with Gasteiger partial charge < -0.3 is 4.48 Å². The van der Waals surface area contributed by atoms with E-state index in [4.69, 9.17) is 0 Å². The first kappa shape index (κ1) is 24.7. The highest BCUT2D eigenvalue weighted by molar-refractivity contribution is 14.1. The van der Waals surface area contributed by atoms with Gasteiger partial charge in [0.2, 0.25) is 0 Å². The summed E-state index contributed by atoms with van der Waals surface area (Å²) in [7, 11) is 2.48. The van der Waals surface area contributed by atoms with Crippen molar-refractivity contribution >= 4 is 22.6 Å². The zero-order valence-corrected chi connectivity index (χ0v) is 20.4. The highest BCUT2D eigenvalue weighted by Gasteiger charge is 2.33. The standard InChI is InChI=1S/C24H49IN/c1-3-4-5-6-7-8-9-10-11-12-13-14-15-16-17-18-21-24(25)26(2)22-19-20-23-26/h24H,3-23H2,1-2H3/q+1. The van der Waals surface area contributed by atoms with Crippen LogP contribution in [0.25, 0.3) is 0 Å². The minimum absolute atomic E-state index is 0.863. The first-order valence-corrected chi connectivity index (χ1v) is 13.4. The molecule has 0 saturated carbocycles. The molecule has 0 aliphatic carbocycles. The van der Waals surface area contributed by atoms with Crippen LogP contribution in [-0.4, -0.2) is 28.7 Å². The number of unbranched alkanes of at least 4 members (excludes halogenated alkanes) is 15. The first-order chi connectivity index (χ1) is 12.7. The monoisotopic (exact) mass is 478 g/mol. The molecule has 0 aromatic carbocycles. The summed E-state index contributed by atoms with van der Waals surface area (Å²) < 4.78 is 2.21. The lowest BCUT2D eigenvalue weighted by molar-refractivity contribution is -0.903. The number of hydrogen-bond acceptors (Lipinski definition) is 0. The summed E-state index contributed by atoms with van der Waals surface area (Å²) in [6.07, 6.45) is 27.9. The Kier molecular flexibility index (Phi) is 15.8. The molecule has 0 N–H and O–H groups in total. The van der Waals surface area contributed by atoms with E-state index < -0.39 is 0 Å². The lowest BCUT2D eigenvalue weighted by atomic mass is 10.0. The maximum Gasteiger partial charge on any atom is 0.139 e. The molecule has 1 heterocycles. The summed E-state index contributed by atoms with van der Waals surface area (Å²) in [5.74, 6) is 0. The molecule has 1 saturated heterocycles. The number of alkyl halides is 1. The summed E-state index contributed by atoms with van der Waals surface area (Å²) >= 11 is 2.73. The number of quaternary nitrogens is 1. The van der Waals surface area contributed by atoms with E-state index in [2.05, 4.69) is 36.6 Å². The van der Waals surface area contributed by atoms with E-state index in [1.54, 1.807) is 0 Å². The average molecular weight is 479 g/mol. The van der Waals surface area contributed by atoms with E-state index in [9.17, 15) is 0 Å². The molecule has 0 bridgehead atoms. The van der Waals surface area contributed by atoms with Crippen molar-refractivity contribution in [3.63, 3.8) is 0 Å². The second-order valence-corrected chi connectivity index (χ2v) is 10.6. The third kappa shape index (κ3) is 12.2. The minimum Gasteiger partial charge on any atom is -0.316 e. The van der Waals surface area contributed by atoms with Gasteiger partial charge in [0.05, 0.1) is 20.1 Å². The van der Waals surface area contributed by atoms with Gasteiger partial charge in [0.25, 0.3) is 0 Å². The number of nitrogens with zero attached hydrogens (tertiary/aromatic N) is 1. The van der Waals surface area contributed by atoms with Crippen molar-refractivity contribution in [3.05, 3.63) is 0 Å². The Morgan fingerprint density at radius 3 is 1.35 bits per heavy atom. The van der Waals surface area contributed by atoms with Crippen molar-refractivity contribution in [3.8, 4) is 0 Å². The molecular weight excluding hydrogens is 429 g/mol. The topological polar surface area (TPSA) is 0 Å². The van der Waals surface area contributed by atoms with Crippen molar-refractivity contribution in [2.45, 2.75) is 133 Å². The predicted molar refractivity (Wildman–Crippen MR) is 127 cm³/mol. The van der Waals surface area contributed by atoms with Gasteiger partial charge in [-0.05, 0) is 29.0 Å². The Labute approximate surface area is 179 Å². The van der Waals surface area contributed by atoms with Gasteiger partial charge >= 0.3 is 0 Å². The van der Waals surface area contributed by atoms with Crippen molar-refractivity contribution in [1.29, 1.82) is 0 Å². The van der Waals surface area contributed by atoms with E-state index in [1.165, 1.54) is 140 Å². The van der Waals surface area contributed by atoms with Crippen molar-refractivity contribution in [2.75, 3.05) is 20.1 Å². The molecule has 1 fully saturated rings. The molecule has 1 rings (SSSR count). The molecule has 0 amide bonds. The Bertz CT molecular complexity index is 299. The van der Waals surface area contributed by atoms with E-state index in [1.807, 2.05) is 0 Å². The van der Waals surface area contributed by atoms with Crippen molar-refractivity contribution in [2.24, 2.45) is 0 Å². The minimum atomic E-state index is 0.863. The molecule has 1 unspecified atom stereocenters. The molecule has 1 aliphatic heterocycles. The normalized spacial score (nSPS) is 17.7. The number of rotatable bonds is 18. The van der Waals surface area contributed by atoms with Gasteiger partial charge in [-0.1, -0.05) is 103 Å². The van der Waals surface area contributed by atoms with Crippen LogP contribution in [0.3, 0.4) is 0 Å². The van der Waals surface area contributed by atoms with E-state index in [-0.39, 0.29) is 0 Å². The van der Waals surface area contributed by atoms with Gasteiger partial charge in [-0.25, -0.2) is 0 Å². The van der Waals surface area contributed by atoms with Crippen LogP contribution < -0.4 is 0 Å². The van der Waals surface area contributed by atoms with Crippen LogP contribution in [0.2, 0.25) is 0 Å². The fourth-order valence-electron chi connectivity index (χ4n) is 4.51. The van der Waals surface area contributed by atoms with Crippen LogP contribution in [0, 0.1) is 0 Å². The molecule has 2 heteroatoms. The van der Waals surface area contributed by atoms with Gasteiger partial charge in [-0.15, -0.1) is 0 Å². The molecule has 0 radical (unpaired) electrons. The second-order valence-electron chi connectivity index (χ2n) is 9.16. The van der Waals surface area contributed by atoms with Crippen LogP contribution >= 0.6 is 22.6 Å². The third-order valence-electron chi connectivity index (χ3n) is 6.56. The molecule has 0 aromatic rings. The Hall–Kier alpha value is 0.690. The average Bonchev–Trinajstić information content (AvgIpc) is 3.09. The van der Waals surface area contributed by atoms with E-state index >= 15 is 0 Å². The molecule has 1 atom stereocenters. The van der Waals surface area contributed by atoms with Gasteiger partial charge in [0.15, 0.2) is 0 Å². The Balaban J connectivity index is 1.74. The highest BCUT2D eigenvalue weighted by Crippen LogP contribution is 2.28. The zero-order chi connectivity index (χ0) is 18.9. The van der Waals surface area contributed by atoms with Crippen LogP contribution in [-0.2, 0) is 0 Å². The molecular formula is C24H49IN+. The second kappa shape index (κ2) is 16.6. The molecule has 0 spiro atoms. The van der Waals surface area contributed by atoms with Crippen LogP contribution in [0.1, 0.15) is 129 Å². The lowest BCUT2D eigenvalue weighted by Gasteiger charge is -2.34. The summed E-state index contributed by atoms with van der Waals surface area (Å²) in [5, 5.41) is 0. The van der Waals surface area contributed by atoms with Gasteiger partial charge in [-0.3, -0.25) is 0 Å². The number of likely N-dealkylation sites (tertiary alicyclic amines) is 1. The zero-order valence-electron chi connectivity index (χ0n) is 18.3. The quantitative estimate of drug-likeness (QED) is 0.0608. The van der Waals surface area contributed by atoms with Gasteiger partial charge in [0, 0.05) is 19.3 Å². The lowest BCUT2D eigenvalue weighted by Crippen LogP contribution is -2.46. The van der Waals surface area contributed by atoms with E-state index in [0.717, 1.165) is 4.05 Å². The molecule has 1 aliphatic rings. The van der Waals surface area contributed by atoms with E-state index in [0.29, 0.717) is 0 Å². The summed E-state index contributed by atoms with van der Waals surface area (Å²) in [6, 6.07) is 0. The fraction of sp³-hybridized carbons (Fsp3) is 1.00.